The van der Waals surface area contributed by atoms with Crippen LogP contribution in [0.5, 0.6) is 0 Å². The number of nitrogens with one attached hydrogen (secondary N) is 1. The summed E-state index contributed by atoms with van der Waals surface area (Å²) in [5.74, 6) is -1.07. The van der Waals surface area contributed by atoms with Gasteiger partial charge in [0.1, 0.15) is 0 Å². The molecule has 1 saturated carbocycles. The number of aliphatic carboxylic acids is 1. The average molecular weight is 331 g/mol. The first-order valence-electron chi connectivity index (χ1n) is 8.70. The Morgan fingerprint density at radius 1 is 1.17 bits per heavy atom. The zero-order valence-corrected chi connectivity index (χ0v) is 14.1. The predicted molar refractivity (Wildman–Crippen MR) is 89.8 cm³/mol. The fourth-order valence-electron chi connectivity index (χ4n) is 3.90. The average Bonchev–Trinajstić information content (AvgIpc) is 3.05. The molecule has 1 heterocycles. The molecule has 2 atom stereocenters. The van der Waals surface area contributed by atoms with Crippen LogP contribution in [0.3, 0.4) is 0 Å². The van der Waals surface area contributed by atoms with Crippen LogP contribution in [0.2, 0.25) is 0 Å². The first kappa shape index (κ1) is 17.0. The van der Waals surface area contributed by atoms with Crippen LogP contribution in [0.4, 0.5) is 0 Å². The predicted octanol–water partition coefficient (Wildman–Crippen LogP) is 2.41. The van der Waals surface area contributed by atoms with Gasteiger partial charge in [0, 0.05) is 19.3 Å². The molecule has 3 rings (SSSR count). The Labute approximate surface area is 142 Å². The minimum Gasteiger partial charge on any atom is -0.481 e. The maximum Gasteiger partial charge on any atom is 0.306 e. The van der Waals surface area contributed by atoms with Gasteiger partial charge in [-0.3, -0.25) is 9.59 Å². The molecule has 5 heteroatoms. The summed E-state index contributed by atoms with van der Waals surface area (Å²) in [7, 11) is 0. The summed E-state index contributed by atoms with van der Waals surface area (Å²) in [4.78, 5) is 24.2. The van der Waals surface area contributed by atoms with Crippen molar-refractivity contribution in [1.82, 2.24) is 5.32 Å². The van der Waals surface area contributed by atoms with Gasteiger partial charge in [0.05, 0.1) is 11.3 Å². The van der Waals surface area contributed by atoms with Crippen molar-refractivity contribution >= 4 is 11.9 Å². The van der Waals surface area contributed by atoms with Crippen molar-refractivity contribution in [1.29, 1.82) is 0 Å². The molecule has 0 radical (unpaired) electrons. The van der Waals surface area contributed by atoms with E-state index in [-0.39, 0.29) is 17.9 Å². The number of hydrogen-bond acceptors (Lipinski definition) is 3. The van der Waals surface area contributed by atoms with E-state index in [0.717, 1.165) is 12.0 Å². The first-order chi connectivity index (χ1) is 11.5. The van der Waals surface area contributed by atoms with E-state index in [1.807, 2.05) is 31.2 Å². The molecule has 2 aliphatic rings. The summed E-state index contributed by atoms with van der Waals surface area (Å²) in [6.07, 6.45) is 3.24. The van der Waals surface area contributed by atoms with E-state index in [0.29, 0.717) is 38.9 Å². The largest absolute Gasteiger partial charge is 0.481 e. The van der Waals surface area contributed by atoms with Crippen LogP contribution in [-0.2, 0) is 19.7 Å². The second-order valence-corrected chi connectivity index (χ2v) is 7.08. The number of aryl methyl sites for hydroxylation is 1. The van der Waals surface area contributed by atoms with Gasteiger partial charge < -0.3 is 15.2 Å². The van der Waals surface area contributed by atoms with E-state index >= 15 is 0 Å². The minimum absolute atomic E-state index is 0.0192. The molecular formula is C19H25NO4. The molecule has 1 aromatic carbocycles. The van der Waals surface area contributed by atoms with E-state index in [9.17, 15) is 9.59 Å². The molecule has 0 bridgehead atoms. The number of carboxylic acids is 1. The third-order valence-corrected chi connectivity index (χ3v) is 5.50. The summed E-state index contributed by atoms with van der Waals surface area (Å²) < 4.78 is 5.48. The molecule has 1 saturated heterocycles. The first-order valence-corrected chi connectivity index (χ1v) is 8.70. The number of carbonyl (C=O) groups excluding carboxylic acids is 1. The number of carboxylic acid groups (broad SMARTS) is 1. The molecule has 1 aromatic rings. The van der Waals surface area contributed by atoms with Gasteiger partial charge in [-0.05, 0) is 44.6 Å². The molecule has 2 fully saturated rings. The lowest BCUT2D eigenvalue weighted by Crippen LogP contribution is -2.50. The molecule has 0 aromatic heterocycles. The Morgan fingerprint density at radius 2 is 1.83 bits per heavy atom. The number of rotatable bonds is 4. The lowest BCUT2D eigenvalue weighted by molar-refractivity contribution is -0.141. The van der Waals surface area contributed by atoms with E-state index in [1.165, 1.54) is 5.56 Å². The van der Waals surface area contributed by atoms with Crippen molar-refractivity contribution < 1.29 is 19.4 Å². The normalized spacial score (nSPS) is 26.0. The molecule has 5 nitrogen and oxygen atoms in total. The third-order valence-electron chi connectivity index (χ3n) is 5.50. The number of hydrogen-bond donors (Lipinski definition) is 2. The van der Waals surface area contributed by atoms with Crippen LogP contribution in [0.15, 0.2) is 24.3 Å². The van der Waals surface area contributed by atoms with Crippen LogP contribution in [0, 0.1) is 12.8 Å². The van der Waals surface area contributed by atoms with Gasteiger partial charge >= 0.3 is 5.97 Å². The number of carbonyl (C=O) groups is 2. The van der Waals surface area contributed by atoms with Gasteiger partial charge in [-0.1, -0.05) is 29.8 Å². The summed E-state index contributed by atoms with van der Waals surface area (Å²) in [5.41, 5.74) is 1.64. The van der Waals surface area contributed by atoms with Gasteiger partial charge in [-0.2, -0.15) is 0 Å². The Balaban J connectivity index is 1.77. The molecule has 1 aliphatic heterocycles. The number of amides is 1. The summed E-state index contributed by atoms with van der Waals surface area (Å²) >= 11 is 0. The highest BCUT2D eigenvalue weighted by Gasteiger charge is 2.43. The van der Waals surface area contributed by atoms with Gasteiger partial charge in [0.15, 0.2) is 0 Å². The van der Waals surface area contributed by atoms with Crippen LogP contribution >= 0.6 is 0 Å². The minimum atomic E-state index is -0.758. The Morgan fingerprint density at radius 3 is 2.42 bits per heavy atom. The maximum absolute atomic E-state index is 13.1. The molecule has 0 spiro atoms. The van der Waals surface area contributed by atoms with E-state index in [2.05, 4.69) is 5.32 Å². The molecule has 0 unspecified atom stereocenters. The molecule has 1 amide bonds. The Bertz CT molecular complexity index is 604. The number of benzene rings is 1. The van der Waals surface area contributed by atoms with Crippen LogP contribution < -0.4 is 5.32 Å². The molecule has 130 valence electrons. The van der Waals surface area contributed by atoms with Crippen molar-refractivity contribution in [2.24, 2.45) is 5.92 Å². The van der Waals surface area contributed by atoms with Crippen LogP contribution in [0.25, 0.3) is 0 Å². The summed E-state index contributed by atoms with van der Waals surface area (Å²) in [6, 6.07) is 8.11. The standard InChI is InChI=1S/C19H25NO4/c1-13-2-5-15(6-3-13)19(8-10-24-11-9-19)18(23)20-16-7-4-14(12-16)17(21)22/h2-3,5-6,14,16H,4,7-12H2,1H3,(H,20,23)(H,21,22)/t14-,16+/m0/s1. The maximum atomic E-state index is 13.1. The molecular weight excluding hydrogens is 306 g/mol. The van der Waals surface area contributed by atoms with Gasteiger partial charge in [0.2, 0.25) is 5.91 Å². The Kier molecular flexibility index (Phi) is 4.90. The smallest absolute Gasteiger partial charge is 0.306 e. The quantitative estimate of drug-likeness (QED) is 0.888. The highest BCUT2D eigenvalue weighted by atomic mass is 16.5. The summed E-state index contributed by atoms with van der Waals surface area (Å²) in [5, 5.41) is 12.3. The van der Waals surface area contributed by atoms with Crippen molar-refractivity contribution in [3.8, 4) is 0 Å². The third kappa shape index (κ3) is 3.31. The van der Waals surface area contributed by atoms with Crippen molar-refractivity contribution in [3.63, 3.8) is 0 Å². The molecule has 24 heavy (non-hydrogen) atoms. The fourth-order valence-corrected chi connectivity index (χ4v) is 3.90. The van der Waals surface area contributed by atoms with Gasteiger partial charge in [-0.25, -0.2) is 0 Å². The monoisotopic (exact) mass is 331 g/mol. The topological polar surface area (TPSA) is 75.6 Å². The van der Waals surface area contributed by atoms with Gasteiger partial charge in [0.25, 0.3) is 0 Å². The second-order valence-electron chi connectivity index (χ2n) is 7.08. The highest BCUT2D eigenvalue weighted by molar-refractivity contribution is 5.88. The molecule has 1 aliphatic carbocycles. The zero-order chi connectivity index (χ0) is 17.2. The SMILES string of the molecule is Cc1ccc(C2(C(=O)N[C@@H]3CC[C@H](C(=O)O)C3)CCOCC2)cc1. The van der Waals surface area contributed by atoms with Crippen LogP contribution in [-0.4, -0.2) is 36.2 Å². The lowest BCUT2D eigenvalue weighted by atomic mass is 9.73. The van der Waals surface area contributed by atoms with Gasteiger partial charge in [-0.15, -0.1) is 0 Å². The van der Waals surface area contributed by atoms with Crippen LogP contribution in [0.1, 0.15) is 43.2 Å². The van der Waals surface area contributed by atoms with E-state index < -0.39 is 11.4 Å². The van der Waals surface area contributed by atoms with Crippen molar-refractivity contribution in [2.45, 2.75) is 50.5 Å². The van der Waals surface area contributed by atoms with E-state index in [4.69, 9.17) is 9.84 Å². The van der Waals surface area contributed by atoms with E-state index in [1.54, 1.807) is 0 Å². The second kappa shape index (κ2) is 6.93. The zero-order valence-electron chi connectivity index (χ0n) is 14.1. The fraction of sp³-hybridized carbons (Fsp3) is 0.579. The number of ether oxygens (including phenoxy) is 1. The Hall–Kier alpha value is -1.88. The van der Waals surface area contributed by atoms with Crippen molar-refractivity contribution in [3.05, 3.63) is 35.4 Å². The highest BCUT2D eigenvalue weighted by Crippen LogP contribution is 2.36. The van der Waals surface area contributed by atoms with Crippen molar-refractivity contribution in [2.75, 3.05) is 13.2 Å². The lowest BCUT2D eigenvalue weighted by Gasteiger charge is -2.37. The summed E-state index contributed by atoms with van der Waals surface area (Å²) in [6.45, 7) is 3.18. The molecule has 2 N–H and O–H groups in total.